The van der Waals surface area contributed by atoms with E-state index in [1.54, 1.807) is 9.80 Å². The molecule has 0 aliphatic carbocycles. The second-order valence-corrected chi connectivity index (χ2v) is 9.33. The highest BCUT2D eigenvalue weighted by Crippen LogP contribution is 2.36. The van der Waals surface area contributed by atoms with Gasteiger partial charge in [0.25, 0.3) is 0 Å². The van der Waals surface area contributed by atoms with Crippen molar-refractivity contribution in [1.82, 2.24) is 0 Å². The Morgan fingerprint density at radius 1 is 0.640 bits per heavy atom. The Labute approximate surface area is 152 Å². The molecule has 2 N–H and O–H groups in total. The largest absolute Gasteiger partial charge is 0.330 e. The molecule has 0 radical (unpaired) electrons. The SMILES string of the molecule is CC12C[NH+](Cc3ccccc3)CC(C)(C[NH+](Cc3ccccc3)C1)C2. The average Bonchev–Trinajstić information content (AvgIpc) is 2.54. The zero-order chi connectivity index (χ0) is 17.3. The van der Waals surface area contributed by atoms with Gasteiger partial charge >= 0.3 is 0 Å². The molecular weight excluding hydrogens is 304 g/mol. The van der Waals surface area contributed by atoms with Crippen LogP contribution >= 0.6 is 0 Å². The van der Waals surface area contributed by atoms with Crippen LogP contribution in [0.1, 0.15) is 31.4 Å². The van der Waals surface area contributed by atoms with Crippen molar-refractivity contribution in [3.8, 4) is 0 Å². The van der Waals surface area contributed by atoms with Crippen molar-refractivity contribution in [2.75, 3.05) is 26.2 Å². The normalized spacial score (nSPS) is 34.6. The van der Waals surface area contributed by atoms with Gasteiger partial charge in [-0.2, -0.15) is 0 Å². The van der Waals surface area contributed by atoms with Crippen molar-refractivity contribution in [2.24, 2.45) is 10.8 Å². The molecule has 0 amide bonds. The van der Waals surface area contributed by atoms with Gasteiger partial charge in [-0.3, -0.25) is 0 Å². The molecule has 2 saturated heterocycles. The summed E-state index contributed by atoms with van der Waals surface area (Å²) in [6, 6.07) is 22.1. The summed E-state index contributed by atoms with van der Waals surface area (Å²) in [6.45, 7) is 12.7. The molecule has 132 valence electrons. The Morgan fingerprint density at radius 3 is 1.36 bits per heavy atom. The van der Waals surface area contributed by atoms with Crippen LogP contribution in [0.3, 0.4) is 0 Å². The van der Waals surface area contributed by atoms with Crippen molar-refractivity contribution in [2.45, 2.75) is 33.4 Å². The van der Waals surface area contributed by atoms with Crippen LogP contribution in [0.25, 0.3) is 0 Å². The number of benzene rings is 2. The lowest BCUT2D eigenvalue weighted by Crippen LogP contribution is -3.22. The third kappa shape index (κ3) is 3.96. The van der Waals surface area contributed by atoms with E-state index in [9.17, 15) is 0 Å². The second-order valence-electron chi connectivity index (χ2n) is 9.33. The third-order valence-corrected chi connectivity index (χ3v) is 6.15. The summed E-state index contributed by atoms with van der Waals surface area (Å²) in [4.78, 5) is 3.56. The van der Waals surface area contributed by atoms with Crippen LogP contribution in [0.15, 0.2) is 60.7 Å². The van der Waals surface area contributed by atoms with Crippen LogP contribution in [0.4, 0.5) is 0 Å². The zero-order valence-electron chi connectivity index (χ0n) is 15.7. The first-order valence-corrected chi connectivity index (χ1v) is 9.77. The molecule has 2 heteroatoms. The van der Waals surface area contributed by atoms with Crippen LogP contribution in [-0.4, -0.2) is 26.2 Å². The van der Waals surface area contributed by atoms with Gasteiger partial charge in [0.15, 0.2) is 0 Å². The molecule has 2 aromatic rings. The number of rotatable bonds is 4. The minimum Gasteiger partial charge on any atom is -0.330 e. The smallest absolute Gasteiger partial charge is 0.103 e. The summed E-state index contributed by atoms with van der Waals surface area (Å²) in [5.74, 6) is 0. The lowest BCUT2D eigenvalue weighted by molar-refractivity contribution is -0.985. The molecule has 4 rings (SSSR count). The molecule has 0 saturated carbocycles. The molecule has 2 aliphatic heterocycles. The summed E-state index contributed by atoms with van der Waals surface area (Å²) in [7, 11) is 0. The first-order chi connectivity index (χ1) is 12.0. The molecule has 2 heterocycles. The Morgan fingerprint density at radius 2 is 1.00 bits per heavy atom. The van der Waals surface area contributed by atoms with E-state index in [1.165, 1.54) is 56.8 Å². The molecule has 2 aromatic carbocycles. The van der Waals surface area contributed by atoms with E-state index in [-0.39, 0.29) is 0 Å². The molecule has 0 spiro atoms. The Kier molecular flexibility index (Phi) is 4.43. The van der Waals surface area contributed by atoms with Gasteiger partial charge in [0, 0.05) is 11.1 Å². The quantitative estimate of drug-likeness (QED) is 0.839. The predicted octanol–water partition coefficient (Wildman–Crippen LogP) is 1.59. The maximum absolute atomic E-state index is 2.54. The Hall–Kier alpha value is -1.64. The Balaban J connectivity index is 1.47. The minimum absolute atomic E-state index is 0.472. The van der Waals surface area contributed by atoms with Gasteiger partial charge in [0.1, 0.15) is 13.1 Å². The predicted molar refractivity (Wildman–Crippen MR) is 103 cm³/mol. The summed E-state index contributed by atoms with van der Waals surface area (Å²) in [5.41, 5.74) is 3.91. The maximum atomic E-state index is 2.54. The van der Waals surface area contributed by atoms with E-state index in [0.29, 0.717) is 10.8 Å². The second kappa shape index (κ2) is 6.59. The molecule has 2 aliphatic rings. The van der Waals surface area contributed by atoms with Gasteiger partial charge < -0.3 is 9.80 Å². The van der Waals surface area contributed by atoms with Crippen molar-refractivity contribution >= 4 is 0 Å². The maximum Gasteiger partial charge on any atom is 0.103 e. The van der Waals surface area contributed by atoms with Crippen molar-refractivity contribution in [3.63, 3.8) is 0 Å². The monoisotopic (exact) mass is 336 g/mol. The van der Waals surface area contributed by atoms with E-state index in [1.807, 2.05) is 0 Å². The average molecular weight is 337 g/mol. The minimum atomic E-state index is 0.472. The summed E-state index contributed by atoms with van der Waals surface area (Å²) in [5, 5.41) is 0. The lowest BCUT2D eigenvalue weighted by Gasteiger charge is -2.52. The Bertz CT molecular complexity index is 621. The third-order valence-electron chi connectivity index (χ3n) is 6.15. The highest BCUT2D eigenvalue weighted by Gasteiger charge is 2.53. The number of hydrogen-bond acceptors (Lipinski definition) is 0. The zero-order valence-corrected chi connectivity index (χ0v) is 15.7. The van der Waals surface area contributed by atoms with Gasteiger partial charge in [0.2, 0.25) is 0 Å². The molecule has 2 bridgehead atoms. The molecule has 2 nitrogen and oxygen atoms in total. The van der Waals surface area contributed by atoms with Crippen LogP contribution < -0.4 is 9.80 Å². The standard InChI is InChI=1S/C23H30N2/c1-22-15-23(2,18-24(16-22)13-20-9-5-3-6-10-20)19-25(17-22)14-21-11-7-4-8-12-21/h3-12H,13-19H2,1-2H3/p+2. The van der Waals surface area contributed by atoms with E-state index in [4.69, 9.17) is 0 Å². The van der Waals surface area contributed by atoms with E-state index < -0.39 is 0 Å². The van der Waals surface area contributed by atoms with Gasteiger partial charge in [-0.15, -0.1) is 0 Å². The van der Waals surface area contributed by atoms with Gasteiger partial charge in [-0.05, 0) is 20.3 Å². The fourth-order valence-electron chi connectivity index (χ4n) is 5.96. The summed E-state index contributed by atoms with van der Waals surface area (Å²) in [6.07, 6.45) is 1.40. The number of piperidine rings is 2. The number of quaternary nitrogens is 2. The number of likely N-dealkylation sites (tertiary alicyclic amines) is 2. The fraction of sp³-hybridized carbons (Fsp3) is 0.478. The highest BCUT2D eigenvalue weighted by atomic mass is 15.2. The lowest BCUT2D eigenvalue weighted by atomic mass is 9.65. The molecule has 25 heavy (non-hydrogen) atoms. The summed E-state index contributed by atoms with van der Waals surface area (Å²) < 4.78 is 0. The van der Waals surface area contributed by atoms with Gasteiger partial charge in [-0.1, -0.05) is 60.7 Å². The van der Waals surface area contributed by atoms with Gasteiger partial charge in [-0.25, -0.2) is 0 Å². The first kappa shape index (κ1) is 16.8. The number of fused-ring (bicyclic) bond motifs is 2. The number of nitrogens with one attached hydrogen (secondary N) is 2. The fourth-order valence-corrected chi connectivity index (χ4v) is 5.96. The van der Waals surface area contributed by atoms with Crippen molar-refractivity contribution < 1.29 is 9.80 Å². The molecule has 2 fully saturated rings. The van der Waals surface area contributed by atoms with Crippen LogP contribution in [0, 0.1) is 10.8 Å². The van der Waals surface area contributed by atoms with Crippen molar-refractivity contribution in [3.05, 3.63) is 71.8 Å². The topological polar surface area (TPSA) is 8.88 Å². The highest BCUT2D eigenvalue weighted by molar-refractivity contribution is 5.14. The molecule has 0 atom stereocenters. The van der Waals surface area contributed by atoms with Crippen molar-refractivity contribution in [1.29, 1.82) is 0 Å². The molecule has 0 unspecified atom stereocenters. The van der Waals surface area contributed by atoms with Crippen LogP contribution in [0.2, 0.25) is 0 Å². The van der Waals surface area contributed by atoms with Crippen LogP contribution in [-0.2, 0) is 13.1 Å². The van der Waals surface area contributed by atoms with Crippen LogP contribution in [0.5, 0.6) is 0 Å². The summed E-state index contributed by atoms with van der Waals surface area (Å²) >= 11 is 0. The molecule has 0 aromatic heterocycles. The van der Waals surface area contributed by atoms with E-state index in [2.05, 4.69) is 74.5 Å². The van der Waals surface area contributed by atoms with E-state index in [0.717, 1.165) is 0 Å². The van der Waals surface area contributed by atoms with Gasteiger partial charge in [0.05, 0.1) is 37.0 Å². The molecular formula is C23H32N2+2. The number of hydrogen-bond donors (Lipinski definition) is 2. The first-order valence-electron chi connectivity index (χ1n) is 9.77. The van der Waals surface area contributed by atoms with E-state index >= 15 is 0 Å².